The maximum absolute atomic E-state index is 12.8. The zero-order chi connectivity index (χ0) is 18.4. The zero-order valence-corrected chi connectivity index (χ0v) is 14.3. The van der Waals surface area contributed by atoms with E-state index < -0.39 is 0 Å². The minimum absolute atomic E-state index is 0.00882. The fourth-order valence-electron chi connectivity index (χ4n) is 2.18. The Morgan fingerprint density at radius 3 is 2.73 bits per heavy atom. The molecular weight excluding hydrogens is 357 g/mol. The van der Waals surface area contributed by atoms with Gasteiger partial charge in [-0.05, 0) is 48.5 Å². The summed E-state index contributed by atoms with van der Waals surface area (Å²) in [6.45, 7) is 0.00882. The summed E-state index contributed by atoms with van der Waals surface area (Å²) < 4.78 is 18.4. The number of rotatable bonds is 6. The highest BCUT2D eigenvalue weighted by molar-refractivity contribution is 6.30. The van der Waals surface area contributed by atoms with Crippen molar-refractivity contribution in [1.82, 2.24) is 5.43 Å². The van der Waals surface area contributed by atoms with Crippen LogP contribution in [0.1, 0.15) is 5.76 Å². The van der Waals surface area contributed by atoms with E-state index in [1.807, 2.05) is 12.1 Å². The smallest absolute Gasteiger partial charge is 0.259 e. The Kier molecular flexibility index (Phi) is 5.66. The Bertz CT molecular complexity index is 923. The van der Waals surface area contributed by atoms with Crippen molar-refractivity contribution in [1.29, 1.82) is 0 Å². The molecule has 0 saturated heterocycles. The van der Waals surface area contributed by atoms with Crippen LogP contribution in [0, 0.1) is 5.82 Å². The van der Waals surface area contributed by atoms with Gasteiger partial charge in [0.05, 0.1) is 12.8 Å². The summed E-state index contributed by atoms with van der Waals surface area (Å²) >= 11 is 5.96. The van der Waals surface area contributed by atoms with Gasteiger partial charge >= 0.3 is 0 Å². The minimum atomic E-state index is -0.341. The van der Waals surface area contributed by atoms with Crippen molar-refractivity contribution in [3.05, 3.63) is 77.3 Å². The van der Waals surface area contributed by atoms with Gasteiger partial charge in [-0.15, -0.1) is 0 Å². The van der Waals surface area contributed by atoms with Crippen LogP contribution >= 0.6 is 11.6 Å². The topological polar surface area (TPSA) is 66.6 Å². The first-order valence-electron chi connectivity index (χ1n) is 7.77. The number of furan rings is 1. The molecule has 0 bridgehead atoms. The molecule has 7 heteroatoms. The van der Waals surface area contributed by atoms with E-state index in [9.17, 15) is 9.18 Å². The second kappa shape index (κ2) is 8.31. The van der Waals surface area contributed by atoms with Crippen LogP contribution in [0.4, 0.5) is 10.1 Å². The second-order valence-corrected chi connectivity index (χ2v) is 5.80. The van der Waals surface area contributed by atoms with Gasteiger partial charge in [-0.25, -0.2) is 9.82 Å². The maximum atomic E-state index is 12.8. The van der Waals surface area contributed by atoms with E-state index in [1.54, 1.807) is 36.4 Å². The van der Waals surface area contributed by atoms with Gasteiger partial charge in [-0.3, -0.25) is 4.79 Å². The van der Waals surface area contributed by atoms with Crippen LogP contribution in [-0.4, -0.2) is 18.7 Å². The van der Waals surface area contributed by atoms with E-state index >= 15 is 0 Å². The molecule has 0 radical (unpaired) electrons. The third kappa shape index (κ3) is 4.94. The van der Waals surface area contributed by atoms with Crippen molar-refractivity contribution in [3.63, 3.8) is 0 Å². The van der Waals surface area contributed by atoms with Gasteiger partial charge in [0.2, 0.25) is 0 Å². The summed E-state index contributed by atoms with van der Waals surface area (Å²) in [4.78, 5) is 11.7. The maximum Gasteiger partial charge on any atom is 0.259 e. The summed E-state index contributed by atoms with van der Waals surface area (Å²) in [5.41, 5.74) is 3.88. The molecule has 3 rings (SSSR count). The quantitative estimate of drug-likeness (QED) is 0.501. The first-order chi connectivity index (χ1) is 12.6. The fourth-order valence-corrected chi connectivity index (χ4v) is 2.37. The molecule has 1 amide bonds. The number of halogens is 2. The Balaban J connectivity index is 1.50. The Morgan fingerprint density at radius 2 is 1.96 bits per heavy atom. The summed E-state index contributed by atoms with van der Waals surface area (Å²) in [6.07, 6.45) is 1.41. The van der Waals surface area contributed by atoms with E-state index in [-0.39, 0.29) is 18.3 Å². The number of hydrazone groups is 1. The number of carbonyl (C=O) groups excluding carboxylic acids is 1. The number of hydrogen-bond acceptors (Lipinski definition) is 4. The summed E-state index contributed by atoms with van der Waals surface area (Å²) in [6, 6.07) is 16.6. The van der Waals surface area contributed by atoms with Crippen molar-refractivity contribution < 1.29 is 13.6 Å². The van der Waals surface area contributed by atoms with E-state index in [4.69, 9.17) is 16.0 Å². The highest BCUT2D eigenvalue weighted by atomic mass is 35.5. The number of hydrogen-bond donors (Lipinski definition) is 2. The lowest BCUT2D eigenvalue weighted by Gasteiger charge is -2.04. The minimum Gasteiger partial charge on any atom is -0.455 e. The third-order valence-corrected chi connectivity index (χ3v) is 3.65. The predicted octanol–water partition coefficient (Wildman–Crippen LogP) is 4.30. The Labute approximate surface area is 154 Å². The molecule has 0 atom stereocenters. The third-order valence-electron chi connectivity index (χ3n) is 3.41. The number of nitrogens with zero attached hydrogens (tertiary/aromatic N) is 1. The molecule has 26 heavy (non-hydrogen) atoms. The molecule has 0 aliphatic heterocycles. The van der Waals surface area contributed by atoms with Crippen LogP contribution in [0.3, 0.4) is 0 Å². The molecular formula is C19H15ClFN3O2. The lowest BCUT2D eigenvalue weighted by molar-refractivity contribution is -0.119. The van der Waals surface area contributed by atoms with Gasteiger partial charge in [-0.1, -0.05) is 23.7 Å². The number of benzene rings is 2. The number of anilines is 1. The Hall–Kier alpha value is -3.12. The molecule has 1 heterocycles. The van der Waals surface area contributed by atoms with E-state index in [2.05, 4.69) is 15.8 Å². The normalized spacial score (nSPS) is 10.8. The lowest BCUT2D eigenvalue weighted by Crippen LogP contribution is -2.25. The number of amides is 1. The average molecular weight is 372 g/mol. The standard InChI is InChI=1S/C19H15ClFN3O2/c20-14-3-1-2-13(10-14)18-9-8-17(26-18)11-23-24-19(25)12-22-16-6-4-15(21)5-7-16/h1-11,22H,12H2,(H,24,25)/b23-11-. The van der Waals surface area contributed by atoms with Gasteiger partial charge in [0.25, 0.3) is 5.91 Å². The van der Waals surface area contributed by atoms with Crippen LogP contribution in [0.2, 0.25) is 5.02 Å². The van der Waals surface area contributed by atoms with Crippen LogP contribution in [-0.2, 0) is 4.79 Å². The van der Waals surface area contributed by atoms with Crippen LogP contribution in [0.15, 0.2) is 70.2 Å². The van der Waals surface area contributed by atoms with Crippen LogP contribution < -0.4 is 10.7 Å². The molecule has 5 nitrogen and oxygen atoms in total. The zero-order valence-electron chi connectivity index (χ0n) is 13.6. The van der Waals surface area contributed by atoms with Crippen LogP contribution in [0.25, 0.3) is 11.3 Å². The highest BCUT2D eigenvalue weighted by Gasteiger charge is 2.04. The van der Waals surface area contributed by atoms with Crippen molar-refractivity contribution in [3.8, 4) is 11.3 Å². The Morgan fingerprint density at radius 1 is 1.15 bits per heavy atom. The first kappa shape index (κ1) is 17.7. The largest absolute Gasteiger partial charge is 0.455 e. The van der Waals surface area contributed by atoms with Crippen molar-refractivity contribution in [2.24, 2.45) is 5.10 Å². The SMILES string of the molecule is O=C(CNc1ccc(F)cc1)N/N=C\c1ccc(-c2cccc(Cl)c2)o1. The van der Waals surface area contributed by atoms with Gasteiger partial charge in [0, 0.05) is 16.3 Å². The van der Waals surface area contributed by atoms with E-state index in [1.165, 1.54) is 18.3 Å². The molecule has 0 aliphatic carbocycles. The summed E-state index contributed by atoms with van der Waals surface area (Å²) in [7, 11) is 0. The van der Waals surface area contributed by atoms with Crippen molar-refractivity contribution in [2.45, 2.75) is 0 Å². The van der Waals surface area contributed by atoms with Crippen molar-refractivity contribution >= 4 is 29.4 Å². The number of carbonyl (C=O) groups is 1. The van der Waals surface area contributed by atoms with E-state index in [0.717, 1.165) is 5.56 Å². The van der Waals surface area contributed by atoms with Crippen molar-refractivity contribution in [2.75, 3.05) is 11.9 Å². The summed E-state index contributed by atoms with van der Waals surface area (Å²) in [5, 5.41) is 7.33. The second-order valence-electron chi connectivity index (χ2n) is 5.37. The molecule has 0 aliphatic rings. The molecule has 0 saturated carbocycles. The lowest BCUT2D eigenvalue weighted by atomic mass is 10.2. The molecule has 132 valence electrons. The predicted molar refractivity (Wildman–Crippen MR) is 99.8 cm³/mol. The molecule has 2 N–H and O–H groups in total. The summed E-state index contributed by atoms with van der Waals surface area (Å²) in [5.74, 6) is 0.470. The highest BCUT2D eigenvalue weighted by Crippen LogP contribution is 2.24. The van der Waals surface area contributed by atoms with Gasteiger partial charge in [0.1, 0.15) is 17.3 Å². The van der Waals surface area contributed by atoms with Gasteiger partial charge in [-0.2, -0.15) is 5.10 Å². The van der Waals surface area contributed by atoms with E-state index in [0.29, 0.717) is 22.2 Å². The molecule has 0 unspecified atom stereocenters. The molecule has 0 fully saturated rings. The van der Waals surface area contributed by atoms with Gasteiger partial charge < -0.3 is 9.73 Å². The average Bonchev–Trinajstić information content (AvgIpc) is 3.10. The fraction of sp³-hybridized carbons (Fsp3) is 0.0526. The van der Waals surface area contributed by atoms with Crippen LogP contribution in [0.5, 0.6) is 0 Å². The molecule has 2 aromatic carbocycles. The monoisotopic (exact) mass is 371 g/mol. The molecule has 1 aromatic heterocycles. The van der Waals surface area contributed by atoms with Gasteiger partial charge in [0.15, 0.2) is 0 Å². The number of nitrogens with one attached hydrogen (secondary N) is 2. The molecule has 0 spiro atoms. The first-order valence-corrected chi connectivity index (χ1v) is 8.15. The molecule has 3 aromatic rings.